The van der Waals surface area contributed by atoms with Gasteiger partial charge < -0.3 is 10.2 Å². The second-order valence-electron chi connectivity index (χ2n) is 9.29. The number of rotatable bonds is 4. The minimum atomic E-state index is 0.651. The van der Waals surface area contributed by atoms with Crippen molar-refractivity contribution in [3.05, 3.63) is 0 Å². The van der Waals surface area contributed by atoms with Gasteiger partial charge in [-0.3, -0.25) is 0 Å². The molecule has 0 spiro atoms. The van der Waals surface area contributed by atoms with Crippen LogP contribution in [0.4, 0.5) is 0 Å². The smallest absolute Gasteiger partial charge is 0.0248 e. The van der Waals surface area contributed by atoms with Crippen LogP contribution in [0.1, 0.15) is 52.4 Å². The van der Waals surface area contributed by atoms with Crippen LogP contribution in [0.2, 0.25) is 0 Å². The van der Waals surface area contributed by atoms with Gasteiger partial charge in [0, 0.05) is 25.7 Å². The van der Waals surface area contributed by atoms with Gasteiger partial charge in [-0.1, -0.05) is 13.8 Å². The Bertz CT molecular complexity index is 346. The summed E-state index contributed by atoms with van der Waals surface area (Å²) < 4.78 is 0. The van der Waals surface area contributed by atoms with Crippen LogP contribution in [0.3, 0.4) is 0 Å². The molecule has 0 aromatic rings. The summed E-state index contributed by atoms with van der Waals surface area (Å²) in [4.78, 5) is 2.76. The average Bonchev–Trinajstić information content (AvgIpc) is 2.73. The molecule has 0 radical (unpaired) electrons. The predicted octanol–water partition coefficient (Wildman–Crippen LogP) is 3.38. The zero-order valence-electron chi connectivity index (χ0n) is 14.3. The molecule has 2 heteroatoms. The fraction of sp³-hybridized carbons (Fsp3) is 1.00. The lowest BCUT2D eigenvalue weighted by atomic mass is 9.47. The highest BCUT2D eigenvalue weighted by molar-refractivity contribution is 5.06. The second kappa shape index (κ2) is 5.23. The Morgan fingerprint density at radius 2 is 1.43 bits per heavy atom. The van der Waals surface area contributed by atoms with Gasteiger partial charge in [-0.05, 0) is 80.6 Å². The molecule has 21 heavy (non-hydrogen) atoms. The van der Waals surface area contributed by atoms with Crippen LogP contribution >= 0.6 is 0 Å². The average molecular weight is 290 g/mol. The summed E-state index contributed by atoms with van der Waals surface area (Å²) in [6.45, 7) is 8.82. The molecular weight excluding hydrogens is 256 g/mol. The van der Waals surface area contributed by atoms with Crippen molar-refractivity contribution < 1.29 is 0 Å². The zero-order valence-corrected chi connectivity index (χ0v) is 14.3. The lowest BCUT2D eigenvalue weighted by molar-refractivity contribution is -0.0768. The van der Waals surface area contributed by atoms with E-state index in [1.54, 1.807) is 19.3 Å². The molecule has 120 valence electrons. The SMILES string of the molecule is CNC(CN1CC(C)C(C)C1)C12CC3CC(CC(C3)C1)C2. The highest BCUT2D eigenvalue weighted by Crippen LogP contribution is 2.61. The minimum Gasteiger partial charge on any atom is -0.315 e. The van der Waals surface area contributed by atoms with Crippen LogP contribution < -0.4 is 5.32 Å². The van der Waals surface area contributed by atoms with Crippen LogP contribution in [0, 0.1) is 35.0 Å². The lowest BCUT2D eigenvalue weighted by Crippen LogP contribution is -2.58. The fourth-order valence-corrected chi connectivity index (χ4v) is 6.85. The van der Waals surface area contributed by atoms with Gasteiger partial charge in [-0.2, -0.15) is 0 Å². The number of hydrogen-bond donors (Lipinski definition) is 1. The summed E-state index contributed by atoms with van der Waals surface area (Å²) in [5, 5.41) is 3.77. The van der Waals surface area contributed by atoms with E-state index >= 15 is 0 Å². The number of nitrogens with zero attached hydrogens (tertiary/aromatic N) is 1. The van der Waals surface area contributed by atoms with Crippen LogP contribution in [-0.2, 0) is 0 Å². The van der Waals surface area contributed by atoms with Crippen LogP contribution in [0.5, 0.6) is 0 Å². The van der Waals surface area contributed by atoms with Crippen molar-refractivity contribution in [1.29, 1.82) is 0 Å². The summed E-state index contributed by atoms with van der Waals surface area (Å²) in [6.07, 6.45) is 9.28. The summed E-state index contributed by atoms with van der Waals surface area (Å²) in [5.74, 6) is 4.99. The molecule has 1 N–H and O–H groups in total. The van der Waals surface area contributed by atoms with E-state index in [1.165, 1.54) is 38.9 Å². The van der Waals surface area contributed by atoms with Gasteiger partial charge in [-0.25, -0.2) is 0 Å². The van der Waals surface area contributed by atoms with Gasteiger partial charge in [0.1, 0.15) is 0 Å². The molecular formula is C19H34N2. The quantitative estimate of drug-likeness (QED) is 0.854. The predicted molar refractivity (Wildman–Crippen MR) is 88.2 cm³/mol. The monoisotopic (exact) mass is 290 g/mol. The van der Waals surface area contributed by atoms with Crippen molar-refractivity contribution in [2.75, 3.05) is 26.7 Å². The first-order chi connectivity index (χ1) is 10.1. The Balaban J connectivity index is 1.48. The largest absolute Gasteiger partial charge is 0.315 e. The van der Waals surface area contributed by atoms with Crippen molar-refractivity contribution >= 4 is 0 Å². The molecule has 0 aromatic heterocycles. The summed E-state index contributed by atoms with van der Waals surface area (Å²) in [7, 11) is 2.23. The minimum absolute atomic E-state index is 0.651. The molecule has 5 rings (SSSR count). The molecule has 3 atom stereocenters. The molecule has 5 aliphatic rings. The summed E-state index contributed by atoms with van der Waals surface area (Å²) in [6, 6.07) is 0.739. The molecule has 0 aromatic carbocycles. The Hall–Kier alpha value is -0.0800. The van der Waals surface area contributed by atoms with Crippen molar-refractivity contribution in [3.8, 4) is 0 Å². The first-order valence-corrected chi connectivity index (χ1v) is 9.47. The maximum Gasteiger partial charge on any atom is 0.0248 e. The third-order valence-electron chi connectivity index (χ3n) is 7.68. The van der Waals surface area contributed by atoms with E-state index in [-0.39, 0.29) is 0 Å². The Morgan fingerprint density at radius 3 is 1.86 bits per heavy atom. The number of nitrogens with one attached hydrogen (secondary N) is 1. The van der Waals surface area contributed by atoms with Crippen LogP contribution in [-0.4, -0.2) is 37.6 Å². The Labute approximate surface area is 131 Å². The van der Waals surface area contributed by atoms with E-state index in [4.69, 9.17) is 0 Å². The van der Waals surface area contributed by atoms with Crippen molar-refractivity contribution in [2.45, 2.75) is 58.4 Å². The molecule has 4 saturated carbocycles. The normalized spacial score (nSPS) is 50.7. The maximum atomic E-state index is 3.77. The van der Waals surface area contributed by atoms with Gasteiger partial charge in [0.25, 0.3) is 0 Å². The molecule has 1 aliphatic heterocycles. The van der Waals surface area contributed by atoms with Crippen molar-refractivity contribution in [1.82, 2.24) is 10.2 Å². The van der Waals surface area contributed by atoms with Crippen molar-refractivity contribution in [2.24, 2.45) is 35.0 Å². The molecule has 1 heterocycles. The molecule has 4 aliphatic carbocycles. The highest BCUT2D eigenvalue weighted by Gasteiger charge is 2.54. The molecule has 5 fully saturated rings. The van der Waals surface area contributed by atoms with E-state index in [2.05, 4.69) is 31.1 Å². The Morgan fingerprint density at radius 1 is 0.952 bits per heavy atom. The van der Waals surface area contributed by atoms with Crippen LogP contribution in [0.15, 0.2) is 0 Å². The van der Waals surface area contributed by atoms with Gasteiger partial charge in [0.2, 0.25) is 0 Å². The van der Waals surface area contributed by atoms with E-state index in [1.807, 2.05) is 0 Å². The van der Waals surface area contributed by atoms with Crippen molar-refractivity contribution in [3.63, 3.8) is 0 Å². The second-order valence-corrected chi connectivity index (χ2v) is 9.29. The van der Waals surface area contributed by atoms with Gasteiger partial charge >= 0.3 is 0 Å². The van der Waals surface area contributed by atoms with E-state index in [0.29, 0.717) is 5.41 Å². The maximum absolute atomic E-state index is 3.77. The fourth-order valence-electron chi connectivity index (χ4n) is 6.85. The van der Waals surface area contributed by atoms with Gasteiger partial charge in [0.15, 0.2) is 0 Å². The summed E-state index contributed by atoms with van der Waals surface area (Å²) >= 11 is 0. The first kappa shape index (κ1) is 14.5. The highest BCUT2D eigenvalue weighted by atomic mass is 15.2. The lowest BCUT2D eigenvalue weighted by Gasteiger charge is -2.60. The summed E-state index contributed by atoms with van der Waals surface area (Å²) in [5.41, 5.74) is 0.651. The Kier molecular flexibility index (Phi) is 3.61. The number of likely N-dealkylation sites (N-methyl/N-ethyl adjacent to an activating group) is 1. The van der Waals surface area contributed by atoms with E-state index < -0.39 is 0 Å². The van der Waals surface area contributed by atoms with E-state index in [9.17, 15) is 0 Å². The van der Waals surface area contributed by atoms with Gasteiger partial charge in [0.05, 0.1) is 0 Å². The molecule has 1 saturated heterocycles. The zero-order chi connectivity index (χ0) is 14.6. The molecule has 4 bridgehead atoms. The van der Waals surface area contributed by atoms with Crippen LogP contribution in [0.25, 0.3) is 0 Å². The number of likely N-dealkylation sites (tertiary alicyclic amines) is 1. The topological polar surface area (TPSA) is 15.3 Å². The van der Waals surface area contributed by atoms with Gasteiger partial charge in [-0.15, -0.1) is 0 Å². The standard InChI is InChI=1S/C19H34N2/c1-13-10-21(11-14(13)2)12-18(20-3)19-7-15-4-16(8-19)6-17(5-15)9-19/h13-18,20H,4-12H2,1-3H3. The molecule has 3 unspecified atom stereocenters. The van der Waals surface area contributed by atoms with E-state index in [0.717, 1.165) is 35.6 Å². The third-order valence-corrected chi connectivity index (χ3v) is 7.68. The molecule has 2 nitrogen and oxygen atoms in total. The number of hydrogen-bond acceptors (Lipinski definition) is 2. The third kappa shape index (κ3) is 2.47. The first-order valence-electron chi connectivity index (χ1n) is 9.47. The molecule has 0 amide bonds.